The summed E-state index contributed by atoms with van der Waals surface area (Å²) >= 11 is 3.81. The second kappa shape index (κ2) is 9.07. The topological polar surface area (TPSA) is 90.2 Å². The van der Waals surface area contributed by atoms with Crippen molar-refractivity contribution in [3.05, 3.63) is 68.2 Å². The number of aliphatic hydroxyl groups is 4. The molecule has 0 radical (unpaired) electrons. The molecule has 4 N–H and O–H groups in total. The highest BCUT2D eigenvalue weighted by Gasteiger charge is 2.45. The lowest BCUT2D eigenvalue weighted by molar-refractivity contribution is -0.231. The van der Waals surface area contributed by atoms with Gasteiger partial charge in [-0.15, -0.1) is 0 Å². The Bertz CT molecular complexity index is 895. The third-order valence-electron chi connectivity index (χ3n) is 6.47. The molecule has 0 unspecified atom stereocenters. The Balaban J connectivity index is 1.73. The maximum Gasteiger partial charge on any atom is 0.113 e. The highest BCUT2D eigenvalue weighted by atomic mass is 79.9. The number of benzene rings is 2. The minimum absolute atomic E-state index is 0.420. The van der Waals surface area contributed by atoms with Crippen molar-refractivity contribution >= 4 is 15.9 Å². The minimum Gasteiger partial charge on any atom is -0.394 e. The molecule has 1 heterocycles. The molecule has 162 valence electrons. The van der Waals surface area contributed by atoms with Gasteiger partial charge in [0.05, 0.1) is 6.61 Å². The first-order valence-corrected chi connectivity index (χ1v) is 11.4. The number of aryl methyl sites for hydroxylation is 1. The van der Waals surface area contributed by atoms with Crippen LogP contribution in [-0.4, -0.2) is 51.4 Å². The summed E-state index contributed by atoms with van der Waals surface area (Å²) < 4.78 is 6.99. The van der Waals surface area contributed by atoms with Gasteiger partial charge in [0.2, 0.25) is 0 Å². The van der Waals surface area contributed by atoms with Crippen molar-refractivity contribution in [2.24, 2.45) is 0 Å². The van der Waals surface area contributed by atoms with Crippen LogP contribution in [0.15, 0.2) is 34.8 Å². The van der Waals surface area contributed by atoms with Gasteiger partial charge in [-0.05, 0) is 65.5 Å². The molecule has 1 fully saturated rings. The fraction of sp³-hybridized carbons (Fsp3) is 0.500. The Morgan fingerprint density at radius 3 is 2.30 bits per heavy atom. The first-order valence-electron chi connectivity index (χ1n) is 10.7. The van der Waals surface area contributed by atoms with Crippen LogP contribution in [0.2, 0.25) is 0 Å². The lowest BCUT2D eigenvalue weighted by atomic mass is 9.86. The monoisotopic (exact) mass is 476 g/mol. The molecule has 5 atom stereocenters. The van der Waals surface area contributed by atoms with Gasteiger partial charge in [-0.25, -0.2) is 0 Å². The summed E-state index contributed by atoms with van der Waals surface area (Å²) in [6, 6.07) is 10.6. The van der Waals surface area contributed by atoms with Crippen molar-refractivity contribution < 1.29 is 25.2 Å². The average Bonchev–Trinajstić information content (AvgIpc) is 3.26. The summed E-state index contributed by atoms with van der Waals surface area (Å²) in [7, 11) is 0. The van der Waals surface area contributed by atoms with Crippen molar-refractivity contribution in [2.45, 2.75) is 69.5 Å². The molecule has 0 saturated carbocycles. The minimum atomic E-state index is -1.37. The van der Waals surface area contributed by atoms with Crippen LogP contribution in [0.25, 0.3) is 0 Å². The van der Waals surface area contributed by atoms with Gasteiger partial charge in [-0.2, -0.15) is 0 Å². The quantitative estimate of drug-likeness (QED) is 0.532. The molecule has 0 aromatic heterocycles. The van der Waals surface area contributed by atoms with Crippen molar-refractivity contribution in [3.63, 3.8) is 0 Å². The molecular weight excluding hydrogens is 448 g/mol. The Morgan fingerprint density at radius 2 is 1.63 bits per heavy atom. The zero-order chi connectivity index (χ0) is 21.4. The van der Waals surface area contributed by atoms with Crippen LogP contribution in [0.5, 0.6) is 0 Å². The van der Waals surface area contributed by atoms with Crippen molar-refractivity contribution in [1.29, 1.82) is 0 Å². The van der Waals surface area contributed by atoms with E-state index in [0.29, 0.717) is 0 Å². The van der Waals surface area contributed by atoms with E-state index in [2.05, 4.69) is 53.2 Å². The molecule has 2 aliphatic rings. The predicted octanol–water partition coefficient (Wildman–Crippen LogP) is 2.61. The summed E-state index contributed by atoms with van der Waals surface area (Å²) in [6.07, 6.45) is -1.08. The van der Waals surface area contributed by atoms with Gasteiger partial charge in [0.15, 0.2) is 0 Å². The standard InChI is InChI=1S/C24H29BrO5/c1-2-13-6-8-14(9-7-13)10-15-11-18(16-4-3-5-17(16)20(15)25)24-23(29)22(28)21(27)19(12-26)30-24/h6-9,11,19,21-24,26-29H,2-5,10,12H2,1H3/t19-,21-,22+,23-,24+/m0/s1. The van der Waals surface area contributed by atoms with E-state index in [1.54, 1.807) is 0 Å². The zero-order valence-electron chi connectivity index (χ0n) is 17.1. The third-order valence-corrected chi connectivity index (χ3v) is 7.46. The molecule has 2 aromatic rings. The number of hydrogen-bond donors (Lipinski definition) is 4. The van der Waals surface area contributed by atoms with E-state index in [-0.39, 0.29) is 0 Å². The van der Waals surface area contributed by atoms with E-state index in [1.165, 1.54) is 16.7 Å². The van der Waals surface area contributed by atoms with E-state index in [1.807, 2.05) is 0 Å². The summed E-state index contributed by atoms with van der Waals surface area (Å²) in [5.74, 6) is 0. The maximum absolute atomic E-state index is 10.7. The lowest BCUT2D eigenvalue weighted by Gasteiger charge is -2.41. The van der Waals surface area contributed by atoms with E-state index in [0.717, 1.165) is 53.3 Å². The van der Waals surface area contributed by atoms with Crippen molar-refractivity contribution in [2.75, 3.05) is 6.61 Å². The predicted molar refractivity (Wildman–Crippen MR) is 118 cm³/mol. The number of fused-ring (bicyclic) bond motifs is 1. The number of hydrogen-bond acceptors (Lipinski definition) is 5. The molecule has 0 spiro atoms. The molecule has 2 aromatic carbocycles. The summed E-state index contributed by atoms with van der Waals surface area (Å²) in [6.45, 7) is 1.72. The van der Waals surface area contributed by atoms with Gasteiger partial charge in [-0.1, -0.05) is 53.2 Å². The molecular formula is C24H29BrO5. The lowest BCUT2D eigenvalue weighted by Crippen LogP contribution is -2.55. The fourth-order valence-corrected chi connectivity index (χ4v) is 5.38. The van der Waals surface area contributed by atoms with Crippen LogP contribution >= 0.6 is 15.9 Å². The van der Waals surface area contributed by atoms with Crippen LogP contribution in [0, 0.1) is 0 Å². The number of ether oxygens (including phenoxy) is 1. The number of halogens is 1. The Kier molecular flexibility index (Phi) is 6.63. The van der Waals surface area contributed by atoms with Gasteiger partial charge >= 0.3 is 0 Å². The summed E-state index contributed by atoms with van der Waals surface area (Å²) in [4.78, 5) is 0. The van der Waals surface area contributed by atoms with Crippen molar-refractivity contribution in [1.82, 2.24) is 0 Å². The van der Waals surface area contributed by atoms with Gasteiger partial charge in [0.1, 0.15) is 30.5 Å². The highest BCUT2D eigenvalue weighted by molar-refractivity contribution is 9.10. The maximum atomic E-state index is 10.7. The third kappa shape index (κ3) is 3.97. The smallest absolute Gasteiger partial charge is 0.113 e. The second-order valence-corrected chi connectivity index (χ2v) is 9.14. The second-order valence-electron chi connectivity index (χ2n) is 8.35. The zero-order valence-corrected chi connectivity index (χ0v) is 18.7. The van der Waals surface area contributed by atoms with Crippen LogP contribution in [0.4, 0.5) is 0 Å². The molecule has 5 nitrogen and oxygen atoms in total. The largest absolute Gasteiger partial charge is 0.394 e. The number of aliphatic hydroxyl groups excluding tert-OH is 4. The molecule has 30 heavy (non-hydrogen) atoms. The molecule has 6 heteroatoms. The molecule has 4 rings (SSSR count). The SMILES string of the molecule is CCc1ccc(Cc2cc([C@H]3O[C@@H](CO)[C@H](O)[C@@H](O)[C@@H]3O)c3c(c2Br)CCC3)cc1. The first-order chi connectivity index (χ1) is 14.4. The molecule has 0 amide bonds. The van der Waals surface area contributed by atoms with Crippen LogP contribution in [-0.2, 0) is 30.4 Å². The highest BCUT2D eigenvalue weighted by Crippen LogP contribution is 2.42. The summed E-state index contributed by atoms with van der Waals surface area (Å²) in [5, 5.41) is 40.7. The van der Waals surface area contributed by atoms with Gasteiger partial charge in [0.25, 0.3) is 0 Å². The van der Waals surface area contributed by atoms with E-state index in [9.17, 15) is 20.4 Å². The fourth-order valence-electron chi connectivity index (χ4n) is 4.69. The molecule has 1 aliphatic heterocycles. The number of rotatable bonds is 5. The van der Waals surface area contributed by atoms with Crippen molar-refractivity contribution in [3.8, 4) is 0 Å². The average molecular weight is 477 g/mol. The molecule has 0 bridgehead atoms. The molecule has 1 aliphatic carbocycles. The van der Waals surface area contributed by atoms with Crippen LogP contribution < -0.4 is 0 Å². The van der Waals surface area contributed by atoms with Gasteiger partial charge in [0, 0.05) is 4.47 Å². The Labute approximate surface area is 185 Å². The Morgan fingerprint density at radius 1 is 0.967 bits per heavy atom. The first kappa shape index (κ1) is 21.9. The van der Waals surface area contributed by atoms with Gasteiger partial charge < -0.3 is 25.2 Å². The van der Waals surface area contributed by atoms with E-state index in [4.69, 9.17) is 4.74 Å². The molecule has 1 saturated heterocycles. The van der Waals surface area contributed by atoms with E-state index >= 15 is 0 Å². The van der Waals surface area contributed by atoms with Gasteiger partial charge in [-0.3, -0.25) is 0 Å². The van der Waals surface area contributed by atoms with E-state index < -0.39 is 37.1 Å². The summed E-state index contributed by atoms with van der Waals surface area (Å²) in [5.41, 5.74) is 6.81. The Hall–Kier alpha value is -1.28. The van der Waals surface area contributed by atoms with Crippen LogP contribution in [0.3, 0.4) is 0 Å². The normalized spacial score (nSPS) is 28.5. The van der Waals surface area contributed by atoms with Crippen LogP contribution in [0.1, 0.15) is 52.8 Å².